The van der Waals surface area contributed by atoms with Gasteiger partial charge in [-0.05, 0) is 35.7 Å². The number of benzene rings is 2. The molecule has 2 aromatic heterocycles. The van der Waals surface area contributed by atoms with E-state index in [0.717, 1.165) is 27.1 Å². The Balaban J connectivity index is 1.42. The molecule has 0 amide bonds. The van der Waals surface area contributed by atoms with E-state index >= 15 is 0 Å². The average molecular weight is 385 g/mol. The van der Waals surface area contributed by atoms with E-state index < -0.39 is 0 Å². The standard InChI is InChI=1S/C19H17ClN4OS/c20-14-5-3-4-12(8-14)11-26-19-24-23-18(25-19)16(21)9-13-10-22-17-7-2-1-6-15(13)17/h1-8,10,16,22H,9,11,21H2. The predicted octanol–water partition coefficient (Wildman–Crippen LogP) is 4.74. The first-order valence-corrected chi connectivity index (χ1v) is 9.56. The van der Waals surface area contributed by atoms with E-state index in [2.05, 4.69) is 21.2 Å². The number of nitrogens with zero attached hydrogens (tertiary/aromatic N) is 2. The van der Waals surface area contributed by atoms with Crippen molar-refractivity contribution in [1.82, 2.24) is 15.2 Å². The van der Waals surface area contributed by atoms with E-state index in [1.54, 1.807) is 0 Å². The summed E-state index contributed by atoms with van der Waals surface area (Å²) in [6.45, 7) is 0. The molecule has 4 aromatic rings. The lowest BCUT2D eigenvalue weighted by Gasteiger charge is -2.05. The van der Waals surface area contributed by atoms with Gasteiger partial charge < -0.3 is 15.1 Å². The Morgan fingerprint density at radius 3 is 2.92 bits per heavy atom. The number of aromatic nitrogens is 3. The van der Waals surface area contributed by atoms with E-state index in [-0.39, 0.29) is 6.04 Å². The van der Waals surface area contributed by atoms with Crippen molar-refractivity contribution in [2.45, 2.75) is 23.4 Å². The van der Waals surface area contributed by atoms with Crippen molar-refractivity contribution in [3.8, 4) is 0 Å². The van der Waals surface area contributed by atoms with Gasteiger partial charge in [0.1, 0.15) is 0 Å². The summed E-state index contributed by atoms with van der Waals surface area (Å²) in [6, 6.07) is 15.5. The second-order valence-electron chi connectivity index (χ2n) is 5.99. The molecule has 26 heavy (non-hydrogen) atoms. The summed E-state index contributed by atoms with van der Waals surface area (Å²) in [5.41, 5.74) is 9.62. The van der Waals surface area contributed by atoms with Crippen LogP contribution in [0.2, 0.25) is 5.02 Å². The molecule has 4 rings (SSSR count). The minimum atomic E-state index is -0.345. The van der Waals surface area contributed by atoms with Crippen LogP contribution in [0.4, 0.5) is 0 Å². The highest BCUT2D eigenvalue weighted by atomic mass is 35.5. The van der Waals surface area contributed by atoms with E-state index in [1.807, 2.05) is 48.7 Å². The van der Waals surface area contributed by atoms with Crippen molar-refractivity contribution < 1.29 is 4.42 Å². The lowest BCUT2D eigenvalue weighted by molar-refractivity contribution is 0.385. The molecule has 0 saturated carbocycles. The van der Waals surface area contributed by atoms with Crippen molar-refractivity contribution in [1.29, 1.82) is 0 Å². The van der Waals surface area contributed by atoms with E-state index in [9.17, 15) is 0 Å². The Hall–Kier alpha value is -2.28. The van der Waals surface area contributed by atoms with Gasteiger partial charge >= 0.3 is 0 Å². The first-order valence-electron chi connectivity index (χ1n) is 8.20. The van der Waals surface area contributed by atoms with Crippen LogP contribution in [0.15, 0.2) is 64.4 Å². The minimum Gasteiger partial charge on any atom is -0.414 e. The first-order chi connectivity index (χ1) is 12.7. The third-order valence-corrected chi connectivity index (χ3v) is 5.23. The van der Waals surface area contributed by atoms with Crippen molar-refractivity contribution in [3.05, 3.63) is 76.8 Å². The molecule has 0 spiro atoms. The lowest BCUT2D eigenvalue weighted by Crippen LogP contribution is -2.13. The third kappa shape index (κ3) is 3.77. The fourth-order valence-corrected chi connectivity index (χ4v) is 3.75. The van der Waals surface area contributed by atoms with Gasteiger partial charge in [-0.25, -0.2) is 0 Å². The molecular formula is C19H17ClN4OS. The molecular weight excluding hydrogens is 368 g/mol. The highest BCUT2D eigenvalue weighted by Crippen LogP contribution is 2.26. The Morgan fingerprint density at radius 1 is 1.15 bits per heavy atom. The van der Waals surface area contributed by atoms with E-state index in [0.29, 0.717) is 23.3 Å². The van der Waals surface area contributed by atoms with Gasteiger partial charge in [0.05, 0.1) is 6.04 Å². The summed E-state index contributed by atoms with van der Waals surface area (Å²) in [7, 11) is 0. The van der Waals surface area contributed by atoms with Crippen LogP contribution in [0.25, 0.3) is 10.9 Å². The molecule has 2 aromatic carbocycles. The highest BCUT2D eigenvalue weighted by molar-refractivity contribution is 7.98. The quantitative estimate of drug-likeness (QED) is 0.469. The van der Waals surface area contributed by atoms with Crippen LogP contribution in [0, 0.1) is 0 Å². The molecule has 0 aliphatic heterocycles. The van der Waals surface area contributed by atoms with E-state index in [1.165, 1.54) is 11.8 Å². The number of halogens is 1. The Kier molecular flexibility index (Phi) is 4.97. The summed E-state index contributed by atoms with van der Waals surface area (Å²) in [5, 5.41) is 10.6. The summed E-state index contributed by atoms with van der Waals surface area (Å²) >= 11 is 7.47. The van der Waals surface area contributed by atoms with Gasteiger partial charge in [0.15, 0.2) is 0 Å². The normalized spacial score (nSPS) is 12.5. The van der Waals surface area contributed by atoms with Crippen LogP contribution in [0.1, 0.15) is 23.1 Å². The number of para-hydroxylation sites is 1. The topological polar surface area (TPSA) is 80.7 Å². The molecule has 0 fully saturated rings. The minimum absolute atomic E-state index is 0.345. The summed E-state index contributed by atoms with van der Waals surface area (Å²) in [6.07, 6.45) is 2.61. The molecule has 1 atom stereocenters. The number of hydrogen-bond donors (Lipinski definition) is 2. The van der Waals surface area contributed by atoms with Gasteiger partial charge in [0.2, 0.25) is 5.89 Å². The number of thioether (sulfide) groups is 1. The van der Waals surface area contributed by atoms with Crippen LogP contribution in [-0.2, 0) is 12.2 Å². The predicted molar refractivity (Wildman–Crippen MR) is 104 cm³/mol. The average Bonchev–Trinajstić information content (AvgIpc) is 3.28. The first kappa shape index (κ1) is 17.1. The number of nitrogens with two attached hydrogens (primary N) is 1. The number of nitrogens with one attached hydrogen (secondary N) is 1. The Morgan fingerprint density at radius 2 is 2.04 bits per heavy atom. The van der Waals surface area contributed by atoms with Crippen molar-refractivity contribution in [2.75, 3.05) is 0 Å². The molecule has 7 heteroatoms. The fourth-order valence-electron chi connectivity index (χ4n) is 2.83. The van der Waals surface area contributed by atoms with Crippen LogP contribution < -0.4 is 5.73 Å². The molecule has 0 aliphatic rings. The lowest BCUT2D eigenvalue weighted by atomic mass is 10.1. The molecule has 3 N–H and O–H groups in total. The van der Waals surface area contributed by atoms with Gasteiger partial charge in [-0.1, -0.05) is 53.7 Å². The van der Waals surface area contributed by atoms with Crippen LogP contribution in [-0.4, -0.2) is 15.2 Å². The molecule has 5 nitrogen and oxygen atoms in total. The number of hydrogen-bond acceptors (Lipinski definition) is 5. The zero-order chi connectivity index (χ0) is 17.9. The van der Waals surface area contributed by atoms with Gasteiger partial charge in [0, 0.05) is 27.9 Å². The zero-order valence-corrected chi connectivity index (χ0v) is 15.4. The van der Waals surface area contributed by atoms with Crippen molar-refractivity contribution >= 4 is 34.3 Å². The molecule has 0 aliphatic carbocycles. The molecule has 132 valence electrons. The smallest absolute Gasteiger partial charge is 0.276 e. The molecule has 1 unspecified atom stereocenters. The van der Waals surface area contributed by atoms with Crippen molar-refractivity contribution in [2.24, 2.45) is 5.73 Å². The zero-order valence-electron chi connectivity index (χ0n) is 13.9. The second-order valence-corrected chi connectivity index (χ2v) is 7.36. The third-order valence-electron chi connectivity index (χ3n) is 4.11. The molecule has 0 bridgehead atoms. The summed E-state index contributed by atoms with van der Waals surface area (Å²) in [5.74, 6) is 1.16. The molecule has 2 heterocycles. The van der Waals surface area contributed by atoms with Gasteiger partial charge in [-0.2, -0.15) is 0 Å². The van der Waals surface area contributed by atoms with Crippen LogP contribution in [0.3, 0.4) is 0 Å². The number of rotatable bonds is 6. The highest BCUT2D eigenvalue weighted by Gasteiger charge is 2.17. The fraction of sp³-hybridized carbons (Fsp3) is 0.158. The van der Waals surface area contributed by atoms with Gasteiger partial charge in [0.25, 0.3) is 5.22 Å². The second kappa shape index (κ2) is 7.53. The molecule has 0 saturated heterocycles. The maximum absolute atomic E-state index is 6.28. The van der Waals surface area contributed by atoms with Gasteiger partial charge in [-0.15, -0.1) is 10.2 Å². The van der Waals surface area contributed by atoms with Crippen molar-refractivity contribution in [3.63, 3.8) is 0 Å². The van der Waals surface area contributed by atoms with Crippen LogP contribution in [0.5, 0.6) is 0 Å². The van der Waals surface area contributed by atoms with E-state index in [4.69, 9.17) is 21.8 Å². The monoisotopic (exact) mass is 384 g/mol. The number of H-pyrrole nitrogens is 1. The van der Waals surface area contributed by atoms with Gasteiger partial charge in [-0.3, -0.25) is 0 Å². The molecule has 0 radical (unpaired) electrons. The summed E-state index contributed by atoms with van der Waals surface area (Å²) < 4.78 is 5.73. The number of aromatic amines is 1. The Labute approximate surface area is 159 Å². The SMILES string of the molecule is NC(Cc1c[nH]c2ccccc12)c1nnc(SCc2cccc(Cl)c2)o1. The maximum atomic E-state index is 6.28. The summed E-state index contributed by atoms with van der Waals surface area (Å²) in [4.78, 5) is 3.26. The van der Waals surface area contributed by atoms with Crippen LogP contribution >= 0.6 is 23.4 Å². The maximum Gasteiger partial charge on any atom is 0.276 e. The number of fused-ring (bicyclic) bond motifs is 1. The Bertz CT molecular complexity index is 1030. The largest absolute Gasteiger partial charge is 0.414 e.